The van der Waals surface area contributed by atoms with Gasteiger partial charge in [0, 0.05) is 18.7 Å². The van der Waals surface area contributed by atoms with Crippen molar-refractivity contribution in [3.8, 4) is 11.5 Å². The standard InChI is InChI=1S/C24H24N2O7/c1-32-18-7-3-16(4-8-18)13-14-25(21(27)11-12-23(29)30)20-15-22(28)26(24(20)31)17-5-9-19(33-2)10-6-17/h3-12,20H,13-15H2,1-2H3,(H,29,30). The molecular weight excluding hydrogens is 428 g/mol. The SMILES string of the molecule is COc1ccc(CCN(C(=O)C=CC(=O)O)C2CC(=O)N(c3ccc(OC)cc3)C2=O)cc1. The zero-order chi connectivity index (χ0) is 24.0. The summed E-state index contributed by atoms with van der Waals surface area (Å²) in [6, 6.07) is 12.6. The second-order valence-electron chi connectivity index (χ2n) is 7.29. The number of carbonyl (C=O) groups excluding carboxylic acids is 3. The molecule has 172 valence electrons. The van der Waals surface area contributed by atoms with E-state index in [1.54, 1.807) is 43.5 Å². The van der Waals surface area contributed by atoms with Crippen molar-refractivity contribution < 1.29 is 33.8 Å². The van der Waals surface area contributed by atoms with E-state index in [9.17, 15) is 19.2 Å². The van der Waals surface area contributed by atoms with Crippen LogP contribution in [0.1, 0.15) is 12.0 Å². The summed E-state index contributed by atoms with van der Waals surface area (Å²) in [5, 5.41) is 8.89. The van der Waals surface area contributed by atoms with Gasteiger partial charge in [-0.3, -0.25) is 14.4 Å². The molecule has 3 rings (SSSR count). The van der Waals surface area contributed by atoms with Crippen LogP contribution in [0.5, 0.6) is 11.5 Å². The maximum Gasteiger partial charge on any atom is 0.328 e. The van der Waals surface area contributed by atoms with E-state index in [4.69, 9.17) is 14.6 Å². The number of imide groups is 1. The van der Waals surface area contributed by atoms with Gasteiger partial charge in [-0.05, 0) is 48.4 Å². The molecule has 3 amide bonds. The Bertz CT molecular complexity index is 1060. The number of amides is 3. The van der Waals surface area contributed by atoms with Crippen molar-refractivity contribution >= 4 is 29.4 Å². The maximum absolute atomic E-state index is 13.2. The number of methoxy groups -OCH3 is 2. The van der Waals surface area contributed by atoms with E-state index in [0.29, 0.717) is 29.7 Å². The van der Waals surface area contributed by atoms with Gasteiger partial charge in [0.25, 0.3) is 5.91 Å². The summed E-state index contributed by atoms with van der Waals surface area (Å²) in [5.74, 6) is -1.68. The van der Waals surface area contributed by atoms with Crippen molar-refractivity contribution in [2.24, 2.45) is 0 Å². The fourth-order valence-corrected chi connectivity index (χ4v) is 3.56. The van der Waals surface area contributed by atoms with E-state index in [1.165, 1.54) is 12.0 Å². The number of aliphatic carboxylic acids is 1. The number of ether oxygens (including phenoxy) is 2. The molecule has 1 aliphatic rings. The molecule has 9 heteroatoms. The lowest BCUT2D eigenvalue weighted by Crippen LogP contribution is -2.45. The van der Waals surface area contributed by atoms with Gasteiger partial charge in [0.2, 0.25) is 11.8 Å². The predicted octanol–water partition coefficient (Wildman–Crippen LogP) is 2.05. The molecule has 1 fully saturated rings. The summed E-state index contributed by atoms with van der Waals surface area (Å²) < 4.78 is 10.2. The highest BCUT2D eigenvalue weighted by Gasteiger charge is 2.43. The third kappa shape index (κ3) is 5.57. The Kier molecular flexibility index (Phi) is 7.45. The summed E-state index contributed by atoms with van der Waals surface area (Å²) >= 11 is 0. The van der Waals surface area contributed by atoms with Crippen LogP contribution in [-0.4, -0.2) is 60.5 Å². The summed E-state index contributed by atoms with van der Waals surface area (Å²) in [4.78, 5) is 51.8. The largest absolute Gasteiger partial charge is 0.497 e. The first kappa shape index (κ1) is 23.5. The highest BCUT2D eigenvalue weighted by atomic mass is 16.5. The van der Waals surface area contributed by atoms with Crippen molar-refractivity contribution in [1.29, 1.82) is 0 Å². The van der Waals surface area contributed by atoms with Gasteiger partial charge in [-0.1, -0.05) is 12.1 Å². The molecule has 0 aromatic heterocycles. The van der Waals surface area contributed by atoms with Crippen LogP contribution in [-0.2, 0) is 25.6 Å². The van der Waals surface area contributed by atoms with Crippen LogP contribution < -0.4 is 14.4 Å². The number of hydrogen-bond donors (Lipinski definition) is 1. The lowest BCUT2D eigenvalue weighted by atomic mass is 10.1. The molecule has 1 saturated heterocycles. The van der Waals surface area contributed by atoms with Crippen LogP contribution in [0.25, 0.3) is 0 Å². The molecule has 0 bridgehead atoms. The summed E-state index contributed by atoms with van der Waals surface area (Å²) in [7, 11) is 3.07. The third-order valence-electron chi connectivity index (χ3n) is 5.28. The molecular formula is C24H24N2O7. The van der Waals surface area contributed by atoms with Crippen molar-refractivity contribution in [3.05, 3.63) is 66.2 Å². The molecule has 2 aromatic carbocycles. The maximum atomic E-state index is 13.2. The Labute approximate surface area is 190 Å². The minimum atomic E-state index is -1.29. The average molecular weight is 452 g/mol. The second-order valence-corrected chi connectivity index (χ2v) is 7.29. The first-order valence-electron chi connectivity index (χ1n) is 10.2. The Morgan fingerprint density at radius 2 is 1.58 bits per heavy atom. The zero-order valence-electron chi connectivity index (χ0n) is 18.3. The number of carboxylic acids is 1. The van der Waals surface area contributed by atoms with Crippen molar-refractivity contribution in [1.82, 2.24) is 4.90 Å². The quantitative estimate of drug-likeness (QED) is 0.458. The minimum absolute atomic E-state index is 0.120. The number of hydrogen-bond acceptors (Lipinski definition) is 6. The number of nitrogens with zero attached hydrogens (tertiary/aromatic N) is 2. The van der Waals surface area contributed by atoms with Crippen molar-refractivity contribution in [3.63, 3.8) is 0 Å². The number of carbonyl (C=O) groups is 4. The van der Waals surface area contributed by atoms with Gasteiger partial charge in [0.05, 0.1) is 26.3 Å². The molecule has 1 atom stereocenters. The highest BCUT2D eigenvalue weighted by Crippen LogP contribution is 2.28. The van der Waals surface area contributed by atoms with Crippen LogP contribution in [0.3, 0.4) is 0 Å². The van der Waals surface area contributed by atoms with Gasteiger partial charge in [-0.15, -0.1) is 0 Å². The molecule has 33 heavy (non-hydrogen) atoms. The number of carboxylic acid groups (broad SMARTS) is 1. The average Bonchev–Trinajstić information content (AvgIpc) is 3.11. The Morgan fingerprint density at radius 3 is 2.12 bits per heavy atom. The summed E-state index contributed by atoms with van der Waals surface area (Å²) in [6.07, 6.45) is 1.81. The molecule has 1 N–H and O–H groups in total. The normalized spacial score (nSPS) is 15.7. The van der Waals surface area contributed by atoms with Crippen LogP contribution in [0.15, 0.2) is 60.7 Å². The summed E-state index contributed by atoms with van der Waals surface area (Å²) in [5.41, 5.74) is 1.26. The molecule has 1 unspecified atom stereocenters. The monoisotopic (exact) mass is 452 g/mol. The van der Waals surface area contributed by atoms with Gasteiger partial charge < -0.3 is 19.5 Å². The lowest BCUT2D eigenvalue weighted by molar-refractivity contribution is -0.135. The third-order valence-corrected chi connectivity index (χ3v) is 5.28. The second kappa shape index (κ2) is 10.4. The molecule has 0 aliphatic carbocycles. The molecule has 0 spiro atoms. The number of anilines is 1. The Morgan fingerprint density at radius 1 is 1.00 bits per heavy atom. The van der Waals surface area contributed by atoms with Gasteiger partial charge >= 0.3 is 5.97 Å². The molecule has 1 aliphatic heterocycles. The van der Waals surface area contributed by atoms with E-state index in [2.05, 4.69) is 0 Å². The summed E-state index contributed by atoms with van der Waals surface area (Å²) in [6.45, 7) is 0.120. The minimum Gasteiger partial charge on any atom is -0.497 e. The van der Waals surface area contributed by atoms with Crippen LogP contribution in [0.2, 0.25) is 0 Å². The first-order chi connectivity index (χ1) is 15.8. The first-order valence-corrected chi connectivity index (χ1v) is 10.2. The van der Waals surface area contributed by atoms with Gasteiger partial charge in [0.1, 0.15) is 17.5 Å². The fraction of sp³-hybridized carbons (Fsp3) is 0.250. The van der Waals surface area contributed by atoms with E-state index in [-0.39, 0.29) is 13.0 Å². The molecule has 9 nitrogen and oxygen atoms in total. The fourth-order valence-electron chi connectivity index (χ4n) is 3.56. The van der Waals surface area contributed by atoms with Crippen LogP contribution >= 0.6 is 0 Å². The number of benzene rings is 2. The predicted molar refractivity (Wildman–Crippen MR) is 119 cm³/mol. The van der Waals surface area contributed by atoms with E-state index >= 15 is 0 Å². The molecule has 2 aromatic rings. The van der Waals surface area contributed by atoms with Gasteiger partial charge in [-0.25, -0.2) is 9.69 Å². The van der Waals surface area contributed by atoms with E-state index in [1.807, 2.05) is 12.1 Å². The van der Waals surface area contributed by atoms with E-state index < -0.39 is 29.7 Å². The highest BCUT2D eigenvalue weighted by molar-refractivity contribution is 6.23. The Balaban J connectivity index is 1.83. The smallest absolute Gasteiger partial charge is 0.328 e. The van der Waals surface area contributed by atoms with Gasteiger partial charge in [0.15, 0.2) is 0 Å². The molecule has 0 radical (unpaired) electrons. The molecule has 1 heterocycles. The zero-order valence-corrected chi connectivity index (χ0v) is 18.3. The van der Waals surface area contributed by atoms with Crippen molar-refractivity contribution in [2.75, 3.05) is 25.7 Å². The van der Waals surface area contributed by atoms with Crippen LogP contribution in [0.4, 0.5) is 5.69 Å². The van der Waals surface area contributed by atoms with E-state index in [0.717, 1.165) is 16.5 Å². The van der Waals surface area contributed by atoms with Crippen molar-refractivity contribution in [2.45, 2.75) is 18.9 Å². The topological polar surface area (TPSA) is 113 Å². The molecule has 0 saturated carbocycles. The Hall–Kier alpha value is -4.14. The van der Waals surface area contributed by atoms with Crippen LogP contribution in [0, 0.1) is 0 Å². The lowest BCUT2D eigenvalue weighted by Gasteiger charge is -2.26. The van der Waals surface area contributed by atoms with Gasteiger partial charge in [-0.2, -0.15) is 0 Å². The number of rotatable bonds is 9.